The largest absolute Gasteiger partial charge is 0.0776 e. The van der Waals surface area contributed by atoms with Crippen LogP contribution in [0.15, 0.2) is 91.0 Å². The van der Waals surface area contributed by atoms with Crippen molar-refractivity contribution in [3.05, 3.63) is 91.0 Å². The lowest BCUT2D eigenvalue weighted by Gasteiger charge is -2.18. The fourth-order valence-corrected chi connectivity index (χ4v) is 4.48. The Hall–Kier alpha value is -1.91. The van der Waals surface area contributed by atoms with Crippen LogP contribution in [-0.2, 0) is 0 Å². The lowest BCUT2D eigenvalue weighted by molar-refractivity contribution is 1.74. The van der Waals surface area contributed by atoms with E-state index in [1.165, 1.54) is 15.9 Å². The smallest absolute Gasteiger partial charge is 0.0134 e. The molecule has 1 heteroatoms. The molecule has 3 rings (SSSR count). The highest BCUT2D eigenvalue weighted by molar-refractivity contribution is 7.79. The van der Waals surface area contributed by atoms with E-state index in [2.05, 4.69) is 91.0 Å². The molecule has 0 aliphatic heterocycles. The summed E-state index contributed by atoms with van der Waals surface area (Å²) in [6.07, 6.45) is 0. The molecule has 0 bridgehead atoms. The molecule has 100 valence electrons. The summed E-state index contributed by atoms with van der Waals surface area (Å²) >= 11 is 0. The number of hydrogen-bond donors (Lipinski definition) is 0. The van der Waals surface area contributed by atoms with Crippen LogP contribution in [0, 0.1) is 0 Å². The summed E-state index contributed by atoms with van der Waals surface area (Å²) < 4.78 is 0. The quantitative estimate of drug-likeness (QED) is 0.633. The van der Waals surface area contributed by atoms with Gasteiger partial charge in [0, 0.05) is 0 Å². The molecule has 0 fully saturated rings. The van der Waals surface area contributed by atoms with Gasteiger partial charge in [-0.2, -0.15) is 0 Å². The van der Waals surface area contributed by atoms with Gasteiger partial charge in [0.05, 0.1) is 0 Å². The highest BCUT2D eigenvalue weighted by Gasteiger charge is 2.14. The molecule has 0 unspecified atom stereocenters. The maximum Gasteiger partial charge on any atom is -0.0134 e. The Labute approximate surface area is 122 Å². The summed E-state index contributed by atoms with van der Waals surface area (Å²) in [5, 5.41) is 4.19. The van der Waals surface area contributed by atoms with Gasteiger partial charge >= 0.3 is 0 Å². The number of rotatable bonds is 3. The van der Waals surface area contributed by atoms with Crippen molar-refractivity contribution < 1.29 is 0 Å². The van der Waals surface area contributed by atoms with E-state index in [4.69, 9.17) is 0 Å². The first kappa shape index (κ1) is 14.5. The number of benzene rings is 3. The van der Waals surface area contributed by atoms with E-state index in [1.807, 2.05) is 0 Å². The zero-order chi connectivity index (χ0) is 12.9. The Balaban J connectivity index is 0.00000147. The minimum absolute atomic E-state index is 0. The van der Waals surface area contributed by atoms with Crippen LogP contribution in [0.4, 0.5) is 0 Å². The molecule has 0 aliphatic carbocycles. The van der Waals surface area contributed by atoms with Crippen LogP contribution >= 0.6 is 7.92 Å². The predicted molar refractivity (Wildman–Crippen MR) is 91.9 cm³/mol. The maximum absolute atomic E-state index is 2.23. The Morgan fingerprint density at radius 1 is 0.400 bits per heavy atom. The molecular weight excluding hydrogens is 259 g/mol. The standard InChI is InChI=1S/C18H15P.CH4/c1-4-10-16(11-5-1)19(17-12-6-2-7-13-17)18-14-8-3-9-15-18;/h1-15H;1H4. The monoisotopic (exact) mass is 278 g/mol. The molecule has 0 nitrogen and oxygen atoms in total. The topological polar surface area (TPSA) is 0 Å². The molecule has 0 aliphatic rings. The first-order valence-corrected chi connectivity index (χ1v) is 7.74. The fraction of sp³-hybridized carbons (Fsp3) is 0.0526. The van der Waals surface area contributed by atoms with Crippen molar-refractivity contribution in [3.63, 3.8) is 0 Å². The van der Waals surface area contributed by atoms with Crippen LogP contribution in [0.3, 0.4) is 0 Å². The maximum atomic E-state index is 2.23. The molecule has 0 heterocycles. The van der Waals surface area contributed by atoms with Gasteiger partial charge in [0.2, 0.25) is 0 Å². The van der Waals surface area contributed by atoms with Crippen molar-refractivity contribution in [2.75, 3.05) is 0 Å². The van der Waals surface area contributed by atoms with Crippen LogP contribution in [0.5, 0.6) is 0 Å². The minimum Gasteiger partial charge on any atom is -0.0776 e. The van der Waals surface area contributed by atoms with Gasteiger partial charge in [-0.05, 0) is 23.8 Å². The highest BCUT2D eigenvalue weighted by atomic mass is 31.1. The Morgan fingerprint density at radius 3 is 0.900 bits per heavy atom. The van der Waals surface area contributed by atoms with Crippen LogP contribution in [0.1, 0.15) is 7.43 Å². The molecule has 20 heavy (non-hydrogen) atoms. The van der Waals surface area contributed by atoms with Crippen molar-refractivity contribution in [1.82, 2.24) is 0 Å². The summed E-state index contributed by atoms with van der Waals surface area (Å²) in [6.45, 7) is 0. The zero-order valence-corrected chi connectivity index (χ0v) is 11.5. The van der Waals surface area contributed by atoms with E-state index >= 15 is 0 Å². The summed E-state index contributed by atoms with van der Waals surface area (Å²) in [6, 6.07) is 32.3. The van der Waals surface area contributed by atoms with Crippen LogP contribution in [0.2, 0.25) is 0 Å². The van der Waals surface area contributed by atoms with Gasteiger partial charge in [0.15, 0.2) is 0 Å². The van der Waals surface area contributed by atoms with Gasteiger partial charge in [-0.15, -0.1) is 0 Å². The third-order valence-corrected chi connectivity index (χ3v) is 5.49. The highest BCUT2D eigenvalue weighted by Crippen LogP contribution is 2.32. The van der Waals surface area contributed by atoms with E-state index in [-0.39, 0.29) is 7.43 Å². The van der Waals surface area contributed by atoms with Crippen molar-refractivity contribution in [3.8, 4) is 0 Å². The summed E-state index contributed by atoms with van der Waals surface area (Å²) in [4.78, 5) is 0. The lowest BCUT2D eigenvalue weighted by Crippen LogP contribution is -2.20. The van der Waals surface area contributed by atoms with Crippen molar-refractivity contribution in [2.24, 2.45) is 0 Å². The van der Waals surface area contributed by atoms with E-state index in [1.54, 1.807) is 0 Å². The average Bonchev–Trinajstić information content (AvgIpc) is 2.51. The molecule has 0 saturated heterocycles. The van der Waals surface area contributed by atoms with E-state index < -0.39 is 7.92 Å². The van der Waals surface area contributed by atoms with Gasteiger partial charge in [0.1, 0.15) is 0 Å². The van der Waals surface area contributed by atoms with E-state index in [0.29, 0.717) is 0 Å². The van der Waals surface area contributed by atoms with Crippen molar-refractivity contribution >= 4 is 23.8 Å². The van der Waals surface area contributed by atoms with E-state index in [9.17, 15) is 0 Å². The first-order valence-electron chi connectivity index (χ1n) is 6.40. The zero-order valence-electron chi connectivity index (χ0n) is 10.6. The molecule has 0 atom stereocenters. The molecule has 0 N–H and O–H groups in total. The molecule has 0 amide bonds. The van der Waals surface area contributed by atoms with Crippen LogP contribution < -0.4 is 15.9 Å². The SMILES string of the molecule is C.c1ccc(P(c2ccccc2)c2ccccc2)cc1. The summed E-state index contributed by atoms with van der Waals surface area (Å²) in [5.74, 6) is 0. The normalized spacial score (nSPS) is 10.1. The van der Waals surface area contributed by atoms with Gasteiger partial charge < -0.3 is 0 Å². The minimum atomic E-state index is -0.446. The fourth-order valence-electron chi connectivity index (χ4n) is 2.18. The molecule has 0 radical (unpaired) electrons. The summed E-state index contributed by atoms with van der Waals surface area (Å²) in [7, 11) is -0.446. The molecular formula is C19H19P. The first-order chi connectivity index (χ1) is 9.45. The third-order valence-electron chi connectivity index (χ3n) is 3.04. The summed E-state index contributed by atoms with van der Waals surface area (Å²) in [5.41, 5.74) is 0. The van der Waals surface area contributed by atoms with Gasteiger partial charge in [-0.25, -0.2) is 0 Å². The Kier molecular flexibility index (Phi) is 5.09. The van der Waals surface area contributed by atoms with Gasteiger partial charge in [-0.1, -0.05) is 98.4 Å². The van der Waals surface area contributed by atoms with Crippen molar-refractivity contribution in [1.29, 1.82) is 0 Å². The Morgan fingerprint density at radius 2 is 0.650 bits per heavy atom. The second kappa shape index (κ2) is 7.03. The Bertz CT molecular complexity index is 524. The van der Waals surface area contributed by atoms with E-state index in [0.717, 1.165) is 0 Å². The second-order valence-electron chi connectivity index (χ2n) is 4.34. The third kappa shape index (κ3) is 3.15. The van der Waals surface area contributed by atoms with Crippen LogP contribution in [0.25, 0.3) is 0 Å². The predicted octanol–water partition coefficient (Wildman–Crippen LogP) is 4.08. The number of hydrogen-bond acceptors (Lipinski definition) is 0. The van der Waals surface area contributed by atoms with Crippen LogP contribution in [-0.4, -0.2) is 0 Å². The van der Waals surface area contributed by atoms with Gasteiger partial charge in [0.25, 0.3) is 0 Å². The molecule has 0 aromatic heterocycles. The van der Waals surface area contributed by atoms with Gasteiger partial charge in [-0.3, -0.25) is 0 Å². The molecule has 0 saturated carbocycles. The molecule has 3 aromatic rings. The van der Waals surface area contributed by atoms with Crippen molar-refractivity contribution in [2.45, 2.75) is 7.43 Å². The average molecular weight is 278 g/mol. The molecule has 3 aromatic carbocycles. The lowest BCUT2D eigenvalue weighted by atomic mass is 10.4. The molecule has 0 spiro atoms. The second-order valence-corrected chi connectivity index (χ2v) is 6.56.